The highest BCUT2D eigenvalue weighted by Gasteiger charge is 2.30. The number of nitrogens with one attached hydrogen (secondary N) is 1. The van der Waals surface area contributed by atoms with Gasteiger partial charge in [0.15, 0.2) is 0 Å². The molecule has 0 aliphatic carbocycles. The molecule has 0 saturated heterocycles. The van der Waals surface area contributed by atoms with E-state index in [4.69, 9.17) is 23.2 Å². The average molecular weight is 437 g/mol. The third-order valence-electron chi connectivity index (χ3n) is 4.24. The molecule has 3 aromatic carbocycles. The fourth-order valence-electron chi connectivity index (χ4n) is 3.05. The van der Waals surface area contributed by atoms with Gasteiger partial charge in [-0.2, -0.15) is 0 Å². The molecule has 146 valence electrons. The molecule has 0 saturated carbocycles. The fourth-order valence-corrected chi connectivity index (χ4v) is 4.72. The zero-order chi connectivity index (χ0) is 20.5. The number of nitrogens with zero attached hydrogens (tertiary/aromatic N) is 1. The van der Waals surface area contributed by atoms with Crippen LogP contribution in [0.2, 0.25) is 10.0 Å². The molecule has 0 heterocycles. The standard InChI is InChI=1S/C20H18Cl2N2O3S/c1-13(24(28(2,26)27)17-11-15(21)10-16(22)12-17)20(25)23-19-9-5-7-14-6-3-4-8-18(14)19/h3-13H,1-2H3,(H,23,25)/t13-/m0/s1. The van der Waals surface area contributed by atoms with Gasteiger partial charge in [-0.1, -0.05) is 59.6 Å². The predicted molar refractivity (Wildman–Crippen MR) is 116 cm³/mol. The minimum Gasteiger partial charge on any atom is -0.324 e. The number of fused-ring (bicyclic) bond motifs is 1. The molecule has 0 aliphatic heterocycles. The van der Waals surface area contributed by atoms with Gasteiger partial charge in [0.2, 0.25) is 15.9 Å². The molecule has 5 nitrogen and oxygen atoms in total. The summed E-state index contributed by atoms with van der Waals surface area (Å²) in [6, 6.07) is 16.5. The highest BCUT2D eigenvalue weighted by molar-refractivity contribution is 7.92. The van der Waals surface area contributed by atoms with Crippen LogP contribution in [0.5, 0.6) is 0 Å². The Morgan fingerprint density at radius 2 is 1.61 bits per heavy atom. The molecule has 0 aliphatic rings. The molecule has 3 rings (SSSR count). The zero-order valence-corrected chi connectivity index (χ0v) is 17.5. The van der Waals surface area contributed by atoms with Gasteiger partial charge in [-0.25, -0.2) is 8.42 Å². The van der Waals surface area contributed by atoms with Crippen molar-refractivity contribution < 1.29 is 13.2 Å². The van der Waals surface area contributed by atoms with E-state index >= 15 is 0 Å². The van der Waals surface area contributed by atoms with E-state index in [1.165, 1.54) is 25.1 Å². The average Bonchev–Trinajstić information content (AvgIpc) is 2.60. The summed E-state index contributed by atoms with van der Waals surface area (Å²) < 4.78 is 25.9. The number of hydrogen-bond donors (Lipinski definition) is 1. The van der Waals surface area contributed by atoms with Crippen LogP contribution in [0.15, 0.2) is 60.7 Å². The van der Waals surface area contributed by atoms with Crippen molar-refractivity contribution in [2.75, 3.05) is 15.9 Å². The predicted octanol–water partition coefficient (Wildman–Crippen LogP) is 4.94. The molecule has 0 aromatic heterocycles. The maximum absolute atomic E-state index is 12.9. The molecule has 3 aromatic rings. The van der Waals surface area contributed by atoms with Crippen molar-refractivity contribution in [3.63, 3.8) is 0 Å². The highest BCUT2D eigenvalue weighted by Crippen LogP contribution is 2.29. The van der Waals surface area contributed by atoms with Crippen LogP contribution in [0.1, 0.15) is 6.92 Å². The van der Waals surface area contributed by atoms with Crippen LogP contribution >= 0.6 is 23.2 Å². The summed E-state index contributed by atoms with van der Waals surface area (Å²) in [4.78, 5) is 12.9. The molecule has 1 N–H and O–H groups in total. The largest absolute Gasteiger partial charge is 0.324 e. The van der Waals surface area contributed by atoms with Gasteiger partial charge in [0, 0.05) is 21.1 Å². The van der Waals surface area contributed by atoms with E-state index in [0.29, 0.717) is 5.69 Å². The smallest absolute Gasteiger partial charge is 0.248 e. The summed E-state index contributed by atoms with van der Waals surface area (Å²) in [5.74, 6) is -0.474. The van der Waals surface area contributed by atoms with Crippen LogP contribution < -0.4 is 9.62 Å². The minimum atomic E-state index is -3.78. The molecule has 0 fully saturated rings. The second-order valence-corrected chi connectivity index (χ2v) is 9.11. The van der Waals surface area contributed by atoms with Crippen LogP contribution in [0.25, 0.3) is 10.8 Å². The Kier molecular flexibility index (Phi) is 5.84. The Morgan fingerprint density at radius 1 is 1.00 bits per heavy atom. The van der Waals surface area contributed by atoms with Crippen LogP contribution in [-0.4, -0.2) is 26.6 Å². The Labute approximate surface area is 173 Å². The van der Waals surface area contributed by atoms with Gasteiger partial charge in [-0.3, -0.25) is 9.10 Å². The first-order valence-electron chi connectivity index (χ1n) is 8.41. The number of carbonyl (C=O) groups excluding carboxylic acids is 1. The zero-order valence-electron chi connectivity index (χ0n) is 15.2. The van der Waals surface area contributed by atoms with Gasteiger partial charge < -0.3 is 5.32 Å². The van der Waals surface area contributed by atoms with Gasteiger partial charge in [0.25, 0.3) is 0 Å². The van der Waals surface area contributed by atoms with Crippen molar-refractivity contribution in [1.82, 2.24) is 0 Å². The molecule has 0 unspecified atom stereocenters. The Bertz CT molecular complexity index is 1120. The van der Waals surface area contributed by atoms with Crippen molar-refractivity contribution in [2.45, 2.75) is 13.0 Å². The molecule has 0 bridgehead atoms. The van der Waals surface area contributed by atoms with Crippen molar-refractivity contribution >= 4 is 61.3 Å². The van der Waals surface area contributed by atoms with Gasteiger partial charge in [0.1, 0.15) is 6.04 Å². The Hall–Kier alpha value is -2.28. The molecule has 0 radical (unpaired) electrons. The number of sulfonamides is 1. The maximum Gasteiger partial charge on any atom is 0.248 e. The van der Waals surface area contributed by atoms with Crippen LogP contribution in [0.4, 0.5) is 11.4 Å². The van der Waals surface area contributed by atoms with Gasteiger partial charge in [0.05, 0.1) is 11.9 Å². The van der Waals surface area contributed by atoms with Crippen molar-refractivity contribution in [1.29, 1.82) is 0 Å². The monoisotopic (exact) mass is 436 g/mol. The maximum atomic E-state index is 12.9. The number of rotatable bonds is 5. The lowest BCUT2D eigenvalue weighted by molar-refractivity contribution is -0.116. The summed E-state index contributed by atoms with van der Waals surface area (Å²) in [5.41, 5.74) is 0.827. The van der Waals surface area contributed by atoms with E-state index in [1.54, 1.807) is 6.07 Å². The lowest BCUT2D eigenvalue weighted by atomic mass is 10.1. The Morgan fingerprint density at radius 3 is 2.25 bits per heavy atom. The molecule has 1 atom stereocenters. The quantitative estimate of drug-likeness (QED) is 0.615. The van der Waals surface area contributed by atoms with Gasteiger partial charge in [-0.05, 0) is 36.6 Å². The van der Waals surface area contributed by atoms with E-state index in [0.717, 1.165) is 21.3 Å². The van der Waals surface area contributed by atoms with Gasteiger partial charge >= 0.3 is 0 Å². The molecule has 1 amide bonds. The summed E-state index contributed by atoms with van der Waals surface area (Å²) >= 11 is 12.0. The van der Waals surface area contributed by atoms with Crippen LogP contribution in [-0.2, 0) is 14.8 Å². The third kappa shape index (κ3) is 4.41. The molecule has 8 heteroatoms. The second kappa shape index (κ2) is 7.99. The number of carbonyl (C=O) groups is 1. The third-order valence-corrected chi connectivity index (χ3v) is 5.92. The number of anilines is 2. The topological polar surface area (TPSA) is 66.5 Å². The first-order chi connectivity index (χ1) is 13.2. The lowest BCUT2D eigenvalue weighted by Gasteiger charge is -2.28. The minimum absolute atomic E-state index is 0.223. The van der Waals surface area contributed by atoms with Crippen LogP contribution in [0, 0.1) is 0 Å². The first-order valence-corrected chi connectivity index (χ1v) is 11.0. The summed E-state index contributed by atoms with van der Waals surface area (Å²) in [6.07, 6.45) is 1.03. The first kappa shape index (κ1) is 20.5. The number of hydrogen-bond acceptors (Lipinski definition) is 3. The number of benzene rings is 3. The van der Waals surface area contributed by atoms with Crippen LogP contribution in [0.3, 0.4) is 0 Å². The molecule has 28 heavy (non-hydrogen) atoms. The molecule has 0 spiro atoms. The molecular weight excluding hydrogens is 419 g/mol. The van der Waals surface area contributed by atoms with Crippen molar-refractivity contribution in [3.05, 3.63) is 70.7 Å². The SMILES string of the molecule is C[C@@H](C(=O)Nc1cccc2ccccc12)N(c1cc(Cl)cc(Cl)c1)S(C)(=O)=O. The summed E-state index contributed by atoms with van der Waals surface area (Å²) in [6.45, 7) is 1.51. The van der Waals surface area contributed by atoms with Crippen molar-refractivity contribution in [3.8, 4) is 0 Å². The number of halogens is 2. The summed E-state index contributed by atoms with van der Waals surface area (Å²) in [7, 11) is -3.78. The molecular formula is C20H18Cl2N2O3S. The lowest BCUT2D eigenvalue weighted by Crippen LogP contribution is -2.45. The Balaban J connectivity index is 1.96. The highest BCUT2D eigenvalue weighted by atomic mass is 35.5. The van der Waals surface area contributed by atoms with E-state index in [9.17, 15) is 13.2 Å². The second-order valence-electron chi connectivity index (χ2n) is 6.38. The van der Waals surface area contributed by atoms with E-state index < -0.39 is 22.0 Å². The normalized spacial score (nSPS) is 12.6. The summed E-state index contributed by atoms with van der Waals surface area (Å²) in [5, 5.41) is 5.21. The van der Waals surface area contributed by atoms with E-state index in [-0.39, 0.29) is 15.7 Å². The van der Waals surface area contributed by atoms with Gasteiger partial charge in [-0.15, -0.1) is 0 Å². The van der Waals surface area contributed by atoms with E-state index in [2.05, 4.69) is 5.32 Å². The van der Waals surface area contributed by atoms with Crippen molar-refractivity contribution in [2.24, 2.45) is 0 Å². The number of amides is 1. The fraction of sp³-hybridized carbons (Fsp3) is 0.150. The van der Waals surface area contributed by atoms with E-state index in [1.807, 2.05) is 36.4 Å².